The molecule has 0 spiro atoms. The van der Waals surface area contributed by atoms with E-state index in [0.717, 1.165) is 18.4 Å². The highest BCUT2D eigenvalue weighted by Gasteiger charge is 2.52. The monoisotopic (exact) mass is 289 g/mol. The SMILES string of the molecule is CNC(=O)C(C)CN(C)C(=O)C1(c2ccc(N)cc2)CC1. The van der Waals surface area contributed by atoms with Crippen molar-refractivity contribution in [1.29, 1.82) is 0 Å². The number of rotatable bonds is 5. The molecule has 5 heteroatoms. The van der Waals surface area contributed by atoms with Crippen LogP contribution >= 0.6 is 0 Å². The summed E-state index contributed by atoms with van der Waals surface area (Å²) < 4.78 is 0. The number of carbonyl (C=O) groups is 2. The summed E-state index contributed by atoms with van der Waals surface area (Å²) in [5, 5.41) is 2.61. The van der Waals surface area contributed by atoms with Crippen LogP contribution in [0.4, 0.5) is 5.69 Å². The molecule has 2 amide bonds. The lowest BCUT2D eigenvalue weighted by molar-refractivity contribution is -0.134. The summed E-state index contributed by atoms with van der Waals surface area (Å²) in [6.45, 7) is 2.25. The number of nitrogens with zero attached hydrogens (tertiary/aromatic N) is 1. The zero-order valence-electron chi connectivity index (χ0n) is 12.8. The van der Waals surface area contributed by atoms with Gasteiger partial charge in [0.25, 0.3) is 0 Å². The maximum Gasteiger partial charge on any atom is 0.232 e. The molecule has 3 N–H and O–H groups in total. The van der Waals surface area contributed by atoms with Gasteiger partial charge >= 0.3 is 0 Å². The van der Waals surface area contributed by atoms with E-state index in [-0.39, 0.29) is 17.7 Å². The molecule has 0 saturated heterocycles. The lowest BCUT2D eigenvalue weighted by Gasteiger charge is -2.26. The first-order valence-electron chi connectivity index (χ1n) is 7.24. The van der Waals surface area contributed by atoms with Crippen molar-refractivity contribution in [1.82, 2.24) is 10.2 Å². The highest BCUT2D eigenvalue weighted by molar-refractivity contribution is 5.91. The van der Waals surface area contributed by atoms with Gasteiger partial charge in [0.15, 0.2) is 0 Å². The fraction of sp³-hybridized carbons (Fsp3) is 0.500. The Morgan fingerprint density at radius 1 is 1.33 bits per heavy atom. The molecule has 1 saturated carbocycles. The molecule has 21 heavy (non-hydrogen) atoms. The minimum absolute atomic E-state index is 0.0491. The summed E-state index contributed by atoms with van der Waals surface area (Å²) in [5.74, 6) is -0.179. The van der Waals surface area contributed by atoms with Gasteiger partial charge < -0.3 is 16.0 Å². The standard InChI is InChI=1S/C16H23N3O2/c1-11(14(20)18-2)10-19(3)15(21)16(8-9-16)12-4-6-13(17)7-5-12/h4-7,11H,8-10,17H2,1-3H3,(H,18,20). The number of carbonyl (C=O) groups excluding carboxylic acids is 2. The van der Waals surface area contributed by atoms with E-state index < -0.39 is 5.41 Å². The van der Waals surface area contributed by atoms with Crippen LogP contribution in [0.2, 0.25) is 0 Å². The van der Waals surface area contributed by atoms with E-state index in [1.807, 2.05) is 31.2 Å². The first-order chi connectivity index (χ1) is 9.90. The van der Waals surface area contributed by atoms with Crippen LogP contribution in [0.3, 0.4) is 0 Å². The van der Waals surface area contributed by atoms with Crippen LogP contribution in [0.1, 0.15) is 25.3 Å². The summed E-state index contributed by atoms with van der Waals surface area (Å²) >= 11 is 0. The predicted octanol–water partition coefficient (Wildman–Crippen LogP) is 1.14. The molecule has 5 nitrogen and oxygen atoms in total. The van der Waals surface area contributed by atoms with Gasteiger partial charge in [0.05, 0.1) is 11.3 Å². The quantitative estimate of drug-likeness (QED) is 0.798. The minimum atomic E-state index is -0.412. The molecule has 114 valence electrons. The van der Waals surface area contributed by atoms with Crippen molar-refractivity contribution in [2.45, 2.75) is 25.2 Å². The van der Waals surface area contributed by atoms with Gasteiger partial charge in [-0.15, -0.1) is 0 Å². The van der Waals surface area contributed by atoms with Gasteiger partial charge in [0.2, 0.25) is 11.8 Å². The smallest absolute Gasteiger partial charge is 0.232 e. The Labute approximate surface area is 125 Å². The summed E-state index contributed by atoms with van der Waals surface area (Å²) in [4.78, 5) is 26.0. The Morgan fingerprint density at radius 3 is 2.38 bits per heavy atom. The van der Waals surface area contributed by atoms with Crippen molar-refractivity contribution in [2.75, 3.05) is 26.4 Å². The number of hydrogen-bond donors (Lipinski definition) is 2. The molecule has 0 radical (unpaired) electrons. The number of nitrogen functional groups attached to an aromatic ring is 1. The number of nitrogens with two attached hydrogens (primary N) is 1. The molecule has 0 heterocycles. The fourth-order valence-electron chi connectivity index (χ4n) is 2.74. The van der Waals surface area contributed by atoms with Gasteiger partial charge in [0.1, 0.15) is 0 Å². The van der Waals surface area contributed by atoms with Crippen molar-refractivity contribution < 1.29 is 9.59 Å². The molecule has 0 bridgehead atoms. The third kappa shape index (κ3) is 3.01. The number of benzene rings is 1. The molecular weight excluding hydrogens is 266 g/mol. The summed E-state index contributed by atoms with van der Waals surface area (Å²) in [5.41, 5.74) is 7.00. The van der Waals surface area contributed by atoms with E-state index in [9.17, 15) is 9.59 Å². The van der Waals surface area contributed by atoms with E-state index in [4.69, 9.17) is 5.73 Å². The molecule has 1 unspecified atom stereocenters. The van der Waals surface area contributed by atoms with Crippen LogP contribution in [0.25, 0.3) is 0 Å². The van der Waals surface area contributed by atoms with Gasteiger partial charge in [-0.3, -0.25) is 9.59 Å². The molecule has 1 atom stereocenters. The van der Waals surface area contributed by atoms with E-state index in [0.29, 0.717) is 12.2 Å². The molecule has 1 aliphatic carbocycles. The third-order valence-corrected chi connectivity index (χ3v) is 4.21. The van der Waals surface area contributed by atoms with E-state index in [2.05, 4.69) is 5.32 Å². The van der Waals surface area contributed by atoms with Gasteiger partial charge in [-0.2, -0.15) is 0 Å². The number of likely N-dealkylation sites (N-methyl/N-ethyl adjacent to an activating group) is 1. The fourth-order valence-corrected chi connectivity index (χ4v) is 2.74. The van der Waals surface area contributed by atoms with Crippen molar-refractivity contribution in [3.8, 4) is 0 Å². The second kappa shape index (κ2) is 5.76. The Bertz CT molecular complexity index is 535. The minimum Gasteiger partial charge on any atom is -0.399 e. The molecule has 0 aromatic heterocycles. The maximum atomic E-state index is 12.7. The molecule has 1 aromatic rings. The molecule has 1 aromatic carbocycles. The van der Waals surface area contributed by atoms with Crippen LogP contribution in [-0.4, -0.2) is 37.4 Å². The van der Waals surface area contributed by atoms with Crippen LogP contribution < -0.4 is 11.1 Å². The first-order valence-corrected chi connectivity index (χ1v) is 7.24. The average Bonchev–Trinajstić information content (AvgIpc) is 3.27. The Kier molecular flexibility index (Phi) is 4.21. The maximum absolute atomic E-state index is 12.7. The van der Waals surface area contributed by atoms with Gasteiger partial charge in [-0.1, -0.05) is 19.1 Å². The second-order valence-electron chi connectivity index (χ2n) is 5.91. The van der Waals surface area contributed by atoms with Crippen molar-refractivity contribution in [3.63, 3.8) is 0 Å². The highest BCUT2D eigenvalue weighted by atomic mass is 16.2. The molecule has 1 fully saturated rings. The van der Waals surface area contributed by atoms with Crippen LogP contribution in [-0.2, 0) is 15.0 Å². The van der Waals surface area contributed by atoms with Crippen LogP contribution in [0, 0.1) is 5.92 Å². The number of nitrogens with one attached hydrogen (secondary N) is 1. The van der Waals surface area contributed by atoms with Gasteiger partial charge in [-0.05, 0) is 30.5 Å². The van der Waals surface area contributed by atoms with Crippen LogP contribution in [0.5, 0.6) is 0 Å². The normalized spacial score (nSPS) is 16.9. The average molecular weight is 289 g/mol. The summed E-state index contributed by atoms with van der Waals surface area (Å²) in [7, 11) is 3.37. The van der Waals surface area contributed by atoms with Crippen molar-refractivity contribution in [3.05, 3.63) is 29.8 Å². The number of hydrogen-bond acceptors (Lipinski definition) is 3. The molecule has 1 aliphatic rings. The van der Waals surface area contributed by atoms with Crippen molar-refractivity contribution >= 4 is 17.5 Å². The summed E-state index contributed by atoms with van der Waals surface area (Å²) in [6, 6.07) is 7.51. The van der Waals surface area contributed by atoms with E-state index in [1.54, 1.807) is 19.0 Å². The lowest BCUT2D eigenvalue weighted by Crippen LogP contribution is -2.42. The predicted molar refractivity (Wildman–Crippen MR) is 82.6 cm³/mol. The van der Waals surface area contributed by atoms with Gasteiger partial charge in [-0.25, -0.2) is 0 Å². The summed E-state index contributed by atoms with van der Waals surface area (Å²) in [6.07, 6.45) is 1.71. The number of anilines is 1. The molecular formula is C16H23N3O2. The topological polar surface area (TPSA) is 75.4 Å². The Hall–Kier alpha value is -2.04. The molecule has 0 aliphatic heterocycles. The molecule has 2 rings (SSSR count). The Morgan fingerprint density at radius 2 is 1.90 bits per heavy atom. The highest BCUT2D eigenvalue weighted by Crippen LogP contribution is 2.49. The first kappa shape index (κ1) is 15.4. The Balaban J connectivity index is 2.08. The second-order valence-corrected chi connectivity index (χ2v) is 5.91. The lowest BCUT2D eigenvalue weighted by atomic mass is 9.94. The van der Waals surface area contributed by atoms with Crippen LogP contribution in [0.15, 0.2) is 24.3 Å². The van der Waals surface area contributed by atoms with E-state index in [1.165, 1.54) is 0 Å². The zero-order chi connectivity index (χ0) is 15.6. The zero-order valence-corrected chi connectivity index (χ0v) is 12.8. The van der Waals surface area contributed by atoms with E-state index >= 15 is 0 Å². The number of amides is 2. The third-order valence-electron chi connectivity index (χ3n) is 4.21. The van der Waals surface area contributed by atoms with Gasteiger partial charge in [0, 0.05) is 26.3 Å². The largest absolute Gasteiger partial charge is 0.399 e. The van der Waals surface area contributed by atoms with Crippen molar-refractivity contribution in [2.24, 2.45) is 5.92 Å².